The zero-order valence-electron chi connectivity index (χ0n) is 31.1. The van der Waals surface area contributed by atoms with Crippen LogP contribution in [0.2, 0.25) is 0 Å². The van der Waals surface area contributed by atoms with Gasteiger partial charge in [-0.15, -0.1) is 0 Å². The summed E-state index contributed by atoms with van der Waals surface area (Å²) in [5.41, 5.74) is 1.95. The van der Waals surface area contributed by atoms with Crippen molar-refractivity contribution in [3.8, 4) is 11.5 Å². The average molecular weight is 726 g/mol. The lowest BCUT2D eigenvalue weighted by molar-refractivity contribution is -0.0115. The van der Waals surface area contributed by atoms with Gasteiger partial charge in [0.2, 0.25) is 0 Å². The molecule has 282 valence electrons. The van der Waals surface area contributed by atoms with E-state index in [1.54, 1.807) is 73.3 Å². The van der Waals surface area contributed by atoms with Gasteiger partial charge in [-0.2, -0.15) is 0 Å². The third-order valence-corrected chi connectivity index (χ3v) is 9.49. The molecule has 0 aliphatic carbocycles. The zero-order chi connectivity index (χ0) is 37.9. The van der Waals surface area contributed by atoms with Gasteiger partial charge in [0.05, 0.1) is 43.2 Å². The standard InChI is InChI=1S/C41H51N5O7/c1-27-24-46(28(2)26-47)39(48)35-23-32(42-40(49)44-36-15-10-13-30-12-6-7-14-34(30)36)18-21-37(35)53-29(3)11-8-9-22-52-38(27)25-45(4)41(50)43-31-16-19-33(51-5)20-17-31/h6-7,10,12-21,23,27-29,38,47H,8-9,11,22,24-26H2,1-5H3,(H,43,50)(H2,42,44,49)/t27-,28-,29+,38-/m1/s1. The van der Waals surface area contributed by atoms with Gasteiger partial charge in [0, 0.05) is 49.4 Å². The molecule has 4 N–H and O–H groups in total. The van der Waals surface area contributed by atoms with Crippen LogP contribution in [-0.2, 0) is 4.74 Å². The van der Waals surface area contributed by atoms with Crippen LogP contribution in [-0.4, -0.2) is 91.6 Å². The normalized spacial score (nSPS) is 18.9. The summed E-state index contributed by atoms with van der Waals surface area (Å²) in [7, 11) is 3.29. The molecule has 0 aromatic heterocycles. The third kappa shape index (κ3) is 10.4. The van der Waals surface area contributed by atoms with Crippen LogP contribution >= 0.6 is 0 Å². The van der Waals surface area contributed by atoms with Crippen LogP contribution in [0.25, 0.3) is 10.8 Å². The Morgan fingerprint density at radius 1 is 0.962 bits per heavy atom. The fourth-order valence-corrected chi connectivity index (χ4v) is 6.33. The monoisotopic (exact) mass is 725 g/mol. The maximum absolute atomic E-state index is 14.5. The molecular formula is C41H51N5O7. The number of urea groups is 2. The quantitative estimate of drug-likeness (QED) is 0.148. The molecular weight excluding hydrogens is 674 g/mol. The highest BCUT2D eigenvalue weighted by Gasteiger charge is 2.31. The molecule has 1 aliphatic heterocycles. The molecule has 0 radical (unpaired) electrons. The van der Waals surface area contributed by atoms with Crippen LogP contribution in [0.4, 0.5) is 26.7 Å². The molecule has 12 nitrogen and oxygen atoms in total. The van der Waals surface area contributed by atoms with Crippen molar-refractivity contribution in [1.82, 2.24) is 9.80 Å². The van der Waals surface area contributed by atoms with Crippen LogP contribution < -0.4 is 25.4 Å². The minimum absolute atomic E-state index is 0.204. The average Bonchev–Trinajstić information content (AvgIpc) is 3.16. The lowest BCUT2D eigenvalue weighted by Crippen LogP contribution is -2.48. The number of aliphatic hydroxyl groups excluding tert-OH is 1. The molecule has 4 atom stereocenters. The van der Waals surface area contributed by atoms with Crippen molar-refractivity contribution in [2.24, 2.45) is 5.92 Å². The van der Waals surface area contributed by atoms with E-state index in [2.05, 4.69) is 16.0 Å². The summed E-state index contributed by atoms with van der Waals surface area (Å²) in [5.74, 6) is 0.487. The van der Waals surface area contributed by atoms with E-state index in [4.69, 9.17) is 14.2 Å². The van der Waals surface area contributed by atoms with Crippen LogP contribution in [0.1, 0.15) is 50.4 Å². The second-order valence-electron chi connectivity index (χ2n) is 13.7. The molecule has 0 saturated carbocycles. The fourth-order valence-electron chi connectivity index (χ4n) is 6.33. The number of carbonyl (C=O) groups excluding carboxylic acids is 3. The van der Waals surface area contributed by atoms with Gasteiger partial charge in [0.15, 0.2) is 0 Å². The van der Waals surface area contributed by atoms with Crippen molar-refractivity contribution in [3.63, 3.8) is 0 Å². The topological polar surface area (TPSA) is 142 Å². The second kappa shape index (κ2) is 18.4. The summed E-state index contributed by atoms with van der Waals surface area (Å²) in [6, 6.07) is 24.3. The van der Waals surface area contributed by atoms with Crippen LogP contribution in [0.3, 0.4) is 0 Å². The number of rotatable bonds is 8. The SMILES string of the molecule is COc1ccc(NC(=O)N(C)C[C@H]2OCCCC[C@H](C)Oc3ccc(NC(=O)Nc4cccc5ccccc45)cc3C(=O)N([C@H](C)CO)C[C@H]2C)cc1. The molecule has 1 aliphatic rings. The number of aliphatic hydroxyl groups is 1. The van der Waals surface area contributed by atoms with Crippen LogP contribution in [0.15, 0.2) is 84.9 Å². The fraction of sp³-hybridized carbons (Fsp3) is 0.390. The summed E-state index contributed by atoms with van der Waals surface area (Å²) >= 11 is 0. The van der Waals surface area contributed by atoms with Gasteiger partial charge in [-0.3, -0.25) is 4.79 Å². The Bertz CT molecular complexity index is 1850. The van der Waals surface area contributed by atoms with Crippen molar-refractivity contribution in [1.29, 1.82) is 0 Å². The van der Waals surface area contributed by atoms with E-state index in [0.717, 1.165) is 30.0 Å². The smallest absolute Gasteiger partial charge is 0.323 e. The predicted molar refractivity (Wildman–Crippen MR) is 208 cm³/mol. The Balaban J connectivity index is 1.36. The van der Waals surface area contributed by atoms with E-state index >= 15 is 0 Å². The Morgan fingerprint density at radius 3 is 2.45 bits per heavy atom. The molecule has 4 aromatic carbocycles. The highest BCUT2D eigenvalue weighted by molar-refractivity contribution is 6.07. The number of nitrogens with zero attached hydrogens (tertiary/aromatic N) is 2. The van der Waals surface area contributed by atoms with E-state index < -0.39 is 18.2 Å². The van der Waals surface area contributed by atoms with Gasteiger partial charge in [-0.25, -0.2) is 9.59 Å². The number of ether oxygens (including phenoxy) is 3. The molecule has 5 rings (SSSR count). The van der Waals surface area contributed by atoms with Gasteiger partial charge < -0.3 is 45.1 Å². The van der Waals surface area contributed by atoms with Crippen LogP contribution in [0, 0.1) is 5.92 Å². The zero-order valence-corrected chi connectivity index (χ0v) is 31.1. The number of likely N-dealkylation sites (N-methyl/N-ethyl adjacent to an activating group) is 1. The Morgan fingerprint density at radius 2 is 1.70 bits per heavy atom. The number of hydrogen-bond donors (Lipinski definition) is 4. The third-order valence-electron chi connectivity index (χ3n) is 9.49. The second-order valence-corrected chi connectivity index (χ2v) is 13.7. The number of hydrogen-bond acceptors (Lipinski definition) is 7. The lowest BCUT2D eigenvalue weighted by atomic mass is 10.0. The van der Waals surface area contributed by atoms with Crippen molar-refractivity contribution < 1.29 is 33.7 Å². The number of fused-ring (bicyclic) bond motifs is 2. The van der Waals surface area contributed by atoms with Gasteiger partial charge in [-0.05, 0) is 87.0 Å². The van der Waals surface area contributed by atoms with E-state index in [0.29, 0.717) is 35.2 Å². The first-order valence-corrected chi connectivity index (χ1v) is 18.1. The lowest BCUT2D eigenvalue weighted by Gasteiger charge is -2.35. The van der Waals surface area contributed by atoms with E-state index in [1.807, 2.05) is 56.3 Å². The number of amides is 5. The van der Waals surface area contributed by atoms with Crippen molar-refractivity contribution in [2.75, 3.05) is 56.4 Å². The van der Waals surface area contributed by atoms with Gasteiger partial charge in [-0.1, -0.05) is 43.3 Å². The van der Waals surface area contributed by atoms with Crippen molar-refractivity contribution in [3.05, 3.63) is 90.5 Å². The van der Waals surface area contributed by atoms with Gasteiger partial charge >= 0.3 is 12.1 Å². The molecule has 0 spiro atoms. The molecule has 0 unspecified atom stereocenters. The summed E-state index contributed by atoms with van der Waals surface area (Å²) in [4.78, 5) is 44.1. The minimum Gasteiger partial charge on any atom is -0.497 e. The predicted octanol–water partition coefficient (Wildman–Crippen LogP) is 7.45. The molecule has 0 bridgehead atoms. The Hall–Kier alpha value is -5.33. The number of nitrogens with one attached hydrogen (secondary N) is 3. The Kier molecular flexibility index (Phi) is 13.5. The number of benzene rings is 4. The molecule has 1 heterocycles. The van der Waals surface area contributed by atoms with E-state index in [9.17, 15) is 19.5 Å². The maximum atomic E-state index is 14.5. The van der Waals surface area contributed by atoms with E-state index in [1.165, 1.54) is 0 Å². The molecule has 53 heavy (non-hydrogen) atoms. The first kappa shape index (κ1) is 38.9. The maximum Gasteiger partial charge on any atom is 0.323 e. The number of methoxy groups -OCH3 is 1. The molecule has 5 amide bonds. The Labute approximate surface area is 311 Å². The summed E-state index contributed by atoms with van der Waals surface area (Å²) < 4.78 is 18.0. The largest absolute Gasteiger partial charge is 0.497 e. The minimum atomic E-state index is -0.550. The molecule has 12 heteroatoms. The van der Waals surface area contributed by atoms with Crippen molar-refractivity contribution in [2.45, 2.75) is 58.3 Å². The van der Waals surface area contributed by atoms with Crippen molar-refractivity contribution >= 4 is 45.8 Å². The highest BCUT2D eigenvalue weighted by Crippen LogP contribution is 2.29. The summed E-state index contributed by atoms with van der Waals surface area (Å²) in [5, 5.41) is 20.9. The first-order chi connectivity index (χ1) is 25.6. The summed E-state index contributed by atoms with van der Waals surface area (Å²) in [6.45, 7) is 6.42. The van der Waals surface area contributed by atoms with E-state index in [-0.39, 0.29) is 49.2 Å². The molecule has 0 fully saturated rings. The van der Waals surface area contributed by atoms with Crippen LogP contribution in [0.5, 0.6) is 11.5 Å². The first-order valence-electron chi connectivity index (χ1n) is 18.1. The number of carbonyl (C=O) groups is 3. The number of anilines is 3. The molecule has 4 aromatic rings. The molecule has 0 saturated heterocycles. The van der Waals surface area contributed by atoms with Gasteiger partial charge in [0.1, 0.15) is 11.5 Å². The highest BCUT2D eigenvalue weighted by atomic mass is 16.5. The van der Waals surface area contributed by atoms with Gasteiger partial charge in [0.25, 0.3) is 5.91 Å². The summed E-state index contributed by atoms with van der Waals surface area (Å²) in [6.07, 6.45) is 1.73.